The highest BCUT2D eigenvalue weighted by molar-refractivity contribution is 6.32. The van der Waals surface area contributed by atoms with Crippen molar-refractivity contribution in [2.45, 2.75) is 96.8 Å². The van der Waals surface area contributed by atoms with Crippen LogP contribution < -0.4 is 4.90 Å². The molecule has 2 nitrogen and oxygen atoms in total. The summed E-state index contributed by atoms with van der Waals surface area (Å²) in [6.07, 6.45) is 18.9. The van der Waals surface area contributed by atoms with Gasteiger partial charge in [-0.1, -0.05) is 125 Å². The number of benzene rings is 4. The molecule has 49 heavy (non-hydrogen) atoms. The second-order valence-electron chi connectivity index (χ2n) is 15.4. The lowest BCUT2D eigenvalue weighted by Gasteiger charge is -2.27. The van der Waals surface area contributed by atoms with Gasteiger partial charge < -0.3 is 4.90 Å². The number of nitrogens with zero attached hydrogens (tertiary/aromatic N) is 2. The van der Waals surface area contributed by atoms with Gasteiger partial charge in [-0.05, 0) is 96.0 Å². The lowest BCUT2D eigenvalue weighted by Crippen LogP contribution is -2.27. The van der Waals surface area contributed by atoms with E-state index in [1.165, 1.54) is 98.7 Å². The second-order valence-corrected chi connectivity index (χ2v) is 15.8. The molecular weight excluding hydrogens is 616 g/mol. The standard InChI is InChI=1S/C46H52ClN2/c1-7-8-9-10-15-31-49-39-28-24-33-18-12-14-22-37(33)43(39)46(4,5)41(49)30-26-35-20-16-19-34(44(35)47)25-29-40-45(2,3)42-36-21-13-11-17-32(36)23-27-38(42)48(40)6/h11-14,17-18,21-30H,7-10,15-16,19-20,31H2,1-6H3/q+1. The summed E-state index contributed by atoms with van der Waals surface area (Å²) in [5, 5.41) is 6.25. The molecule has 252 valence electrons. The predicted molar refractivity (Wildman–Crippen MR) is 213 cm³/mol. The predicted octanol–water partition coefficient (Wildman–Crippen LogP) is 12.8. The van der Waals surface area contributed by atoms with Gasteiger partial charge >= 0.3 is 0 Å². The van der Waals surface area contributed by atoms with Gasteiger partial charge in [0.05, 0.1) is 5.41 Å². The molecule has 4 aromatic carbocycles. The molecule has 1 aliphatic carbocycles. The molecule has 7 rings (SSSR count). The zero-order valence-corrected chi connectivity index (χ0v) is 31.1. The minimum Gasteiger partial charge on any atom is -0.344 e. The van der Waals surface area contributed by atoms with Gasteiger partial charge in [-0.25, -0.2) is 0 Å². The van der Waals surface area contributed by atoms with Crippen molar-refractivity contribution in [3.8, 4) is 0 Å². The average Bonchev–Trinajstić information content (AvgIpc) is 3.44. The fraction of sp³-hybridized carbons (Fsp3) is 0.370. The van der Waals surface area contributed by atoms with Crippen molar-refractivity contribution in [3.05, 3.63) is 130 Å². The van der Waals surface area contributed by atoms with E-state index in [4.69, 9.17) is 11.6 Å². The molecule has 0 saturated carbocycles. The van der Waals surface area contributed by atoms with Crippen molar-refractivity contribution < 1.29 is 4.58 Å². The van der Waals surface area contributed by atoms with Crippen LogP contribution in [0.2, 0.25) is 0 Å². The number of hydrogen-bond acceptors (Lipinski definition) is 1. The first-order chi connectivity index (χ1) is 23.6. The number of halogens is 1. The number of hydrogen-bond donors (Lipinski definition) is 0. The molecule has 0 aromatic heterocycles. The van der Waals surface area contributed by atoms with Crippen LogP contribution in [0.5, 0.6) is 0 Å². The third-order valence-electron chi connectivity index (χ3n) is 11.5. The molecule has 0 N–H and O–H groups in total. The van der Waals surface area contributed by atoms with Gasteiger partial charge in [0.25, 0.3) is 0 Å². The van der Waals surface area contributed by atoms with Crippen molar-refractivity contribution in [3.63, 3.8) is 0 Å². The first-order valence-electron chi connectivity index (χ1n) is 18.6. The van der Waals surface area contributed by atoms with Crippen LogP contribution in [0.15, 0.2) is 119 Å². The van der Waals surface area contributed by atoms with Crippen LogP contribution in [0.4, 0.5) is 11.4 Å². The summed E-state index contributed by atoms with van der Waals surface area (Å²) in [5.41, 5.74) is 10.5. The molecule has 0 spiro atoms. The second kappa shape index (κ2) is 13.4. The monoisotopic (exact) mass is 667 g/mol. The van der Waals surface area contributed by atoms with Crippen molar-refractivity contribution in [1.29, 1.82) is 0 Å². The molecule has 2 aliphatic heterocycles. The summed E-state index contributed by atoms with van der Waals surface area (Å²) in [4.78, 5) is 2.61. The lowest BCUT2D eigenvalue weighted by molar-refractivity contribution is -0.401. The zero-order chi connectivity index (χ0) is 34.3. The minimum absolute atomic E-state index is 0.112. The molecule has 0 bridgehead atoms. The van der Waals surface area contributed by atoms with Crippen LogP contribution in [0.25, 0.3) is 21.5 Å². The molecular formula is C46H52ClN2+. The van der Waals surface area contributed by atoms with Crippen LogP contribution in [0, 0.1) is 0 Å². The fourth-order valence-corrected chi connectivity index (χ4v) is 9.23. The Hall–Kier alpha value is -3.88. The first-order valence-corrected chi connectivity index (χ1v) is 18.9. The van der Waals surface area contributed by atoms with Gasteiger partial charge in [0.1, 0.15) is 7.05 Å². The van der Waals surface area contributed by atoms with E-state index in [9.17, 15) is 0 Å². The maximum absolute atomic E-state index is 7.30. The summed E-state index contributed by atoms with van der Waals surface area (Å²) in [7, 11) is 2.20. The summed E-state index contributed by atoms with van der Waals surface area (Å²) in [5.74, 6) is 0. The Labute approximate surface area is 299 Å². The first kappa shape index (κ1) is 33.6. The van der Waals surface area contributed by atoms with Crippen molar-refractivity contribution in [1.82, 2.24) is 0 Å². The Balaban J connectivity index is 1.22. The van der Waals surface area contributed by atoms with E-state index in [0.29, 0.717) is 0 Å². The molecule has 0 saturated heterocycles. The van der Waals surface area contributed by atoms with Gasteiger partial charge in [-0.15, -0.1) is 0 Å². The Morgan fingerprint density at radius 1 is 0.735 bits per heavy atom. The Bertz CT molecular complexity index is 2080. The number of allylic oxidation sites excluding steroid dienone is 8. The van der Waals surface area contributed by atoms with Gasteiger partial charge in [-0.3, -0.25) is 0 Å². The topological polar surface area (TPSA) is 6.25 Å². The highest BCUT2D eigenvalue weighted by atomic mass is 35.5. The van der Waals surface area contributed by atoms with Gasteiger partial charge in [0.2, 0.25) is 5.69 Å². The summed E-state index contributed by atoms with van der Waals surface area (Å²) < 4.78 is 2.37. The van der Waals surface area contributed by atoms with E-state index >= 15 is 0 Å². The fourth-order valence-electron chi connectivity index (χ4n) is 8.91. The molecule has 0 amide bonds. The minimum atomic E-state index is -0.112. The smallest absolute Gasteiger partial charge is 0.210 e. The van der Waals surface area contributed by atoms with E-state index in [1.54, 1.807) is 0 Å². The molecule has 0 fully saturated rings. The third-order valence-corrected chi connectivity index (χ3v) is 12.0. The average molecular weight is 668 g/mol. The third kappa shape index (κ3) is 5.91. The highest BCUT2D eigenvalue weighted by Gasteiger charge is 2.44. The SMILES string of the molecule is CCCCCCCN1/C(=C/C=C2\CCCC(/C=C/C3=[N+](C)c4ccc5ccccc5c4C3(C)C)=C2Cl)C(C)(C)c2c1ccc1ccccc21. The Morgan fingerprint density at radius 3 is 2.14 bits per heavy atom. The van der Waals surface area contributed by atoms with Crippen LogP contribution in [-0.2, 0) is 10.8 Å². The van der Waals surface area contributed by atoms with E-state index in [2.05, 4.69) is 148 Å². The quantitative estimate of drug-likeness (QED) is 0.127. The van der Waals surface area contributed by atoms with E-state index in [0.717, 1.165) is 30.8 Å². The van der Waals surface area contributed by atoms with Gasteiger partial charge in [0.15, 0.2) is 5.71 Å². The molecule has 0 unspecified atom stereocenters. The largest absolute Gasteiger partial charge is 0.344 e. The zero-order valence-electron chi connectivity index (χ0n) is 30.4. The van der Waals surface area contributed by atoms with Crippen molar-refractivity contribution in [2.75, 3.05) is 18.5 Å². The van der Waals surface area contributed by atoms with Crippen molar-refractivity contribution >= 4 is 50.2 Å². The van der Waals surface area contributed by atoms with Crippen LogP contribution in [-0.4, -0.2) is 23.9 Å². The number of fused-ring (bicyclic) bond motifs is 6. The van der Waals surface area contributed by atoms with Crippen LogP contribution in [0.1, 0.15) is 97.1 Å². The maximum atomic E-state index is 7.30. The van der Waals surface area contributed by atoms with Gasteiger partial charge in [-0.2, -0.15) is 4.58 Å². The number of anilines is 1. The normalized spacial score (nSPS) is 20.1. The molecule has 0 atom stereocenters. The summed E-state index contributed by atoms with van der Waals surface area (Å²) in [6, 6.07) is 26.8. The molecule has 3 heteroatoms. The molecule has 3 aliphatic rings. The van der Waals surface area contributed by atoms with E-state index in [-0.39, 0.29) is 10.8 Å². The van der Waals surface area contributed by atoms with Gasteiger partial charge in [0, 0.05) is 46.1 Å². The summed E-state index contributed by atoms with van der Waals surface area (Å²) >= 11 is 7.30. The number of rotatable bonds is 9. The molecule has 0 radical (unpaired) electrons. The lowest BCUT2D eigenvalue weighted by atomic mass is 9.79. The summed E-state index contributed by atoms with van der Waals surface area (Å²) in [6.45, 7) is 12.9. The molecule has 2 heterocycles. The maximum Gasteiger partial charge on any atom is 0.210 e. The highest BCUT2D eigenvalue weighted by Crippen LogP contribution is 2.51. The number of unbranched alkanes of at least 4 members (excludes halogenated alkanes) is 4. The van der Waals surface area contributed by atoms with Crippen molar-refractivity contribution in [2.24, 2.45) is 0 Å². The molecule has 4 aromatic rings. The van der Waals surface area contributed by atoms with E-state index in [1.807, 2.05) is 0 Å². The Kier molecular flexibility index (Phi) is 9.22. The van der Waals surface area contributed by atoms with E-state index < -0.39 is 0 Å². The van der Waals surface area contributed by atoms with Crippen LogP contribution >= 0.6 is 11.6 Å². The Morgan fingerprint density at radius 2 is 1.41 bits per heavy atom. The van der Waals surface area contributed by atoms with Crippen LogP contribution in [0.3, 0.4) is 0 Å².